The summed E-state index contributed by atoms with van der Waals surface area (Å²) in [7, 11) is 0. The summed E-state index contributed by atoms with van der Waals surface area (Å²) in [6, 6.07) is -11.3. The third-order valence-electron chi connectivity index (χ3n) is 11.5. The summed E-state index contributed by atoms with van der Waals surface area (Å²) < 4.78 is 0. The number of urea groups is 1. The van der Waals surface area contributed by atoms with Crippen molar-refractivity contribution in [3.63, 3.8) is 0 Å². The number of guanidine groups is 1. The van der Waals surface area contributed by atoms with Gasteiger partial charge in [-0.05, 0) is 89.9 Å². The van der Waals surface area contributed by atoms with Gasteiger partial charge in [-0.25, -0.2) is 4.79 Å². The van der Waals surface area contributed by atoms with Gasteiger partial charge in [-0.3, -0.25) is 62.5 Å². The number of aliphatic carboxylic acids is 1. The van der Waals surface area contributed by atoms with Gasteiger partial charge in [-0.15, -0.1) is 0 Å². The molecule has 448 valence electrons. The van der Waals surface area contributed by atoms with Crippen molar-refractivity contribution in [3.05, 3.63) is 0 Å². The maximum atomic E-state index is 14.0. The average molecular weight is 1130 g/mol. The molecule has 0 aromatic carbocycles. The number of carbonyl (C=O) groups excluding carboxylic acids is 12. The number of amides is 13. The first-order valence-corrected chi connectivity index (χ1v) is 26.2. The number of nitrogens with two attached hydrogens (primary N) is 4. The van der Waals surface area contributed by atoms with Crippen molar-refractivity contribution in [2.75, 3.05) is 19.6 Å². The van der Waals surface area contributed by atoms with Crippen molar-refractivity contribution in [2.45, 2.75) is 188 Å². The third kappa shape index (κ3) is 30.1. The average Bonchev–Trinajstić information content (AvgIpc) is 3.31. The van der Waals surface area contributed by atoms with Crippen molar-refractivity contribution in [2.24, 2.45) is 45.7 Å². The molecule has 0 aromatic heterocycles. The molecule has 0 rings (SSSR count). The molecule has 30 nitrogen and oxygen atoms in total. The molecule has 0 aliphatic rings. The van der Waals surface area contributed by atoms with Gasteiger partial charge < -0.3 is 86.5 Å². The number of carboxylic acids is 1. The highest BCUT2D eigenvalue weighted by atomic mass is 16.4. The number of hydrogen-bond donors (Lipinski definition) is 16. The summed E-state index contributed by atoms with van der Waals surface area (Å²) in [6.45, 7) is 16.8. The number of primary amides is 2. The molecule has 0 saturated heterocycles. The molecule has 0 radical (unpaired) electrons. The van der Waals surface area contributed by atoms with E-state index in [-0.39, 0.29) is 88.2 Å². The first kappa shape index (κ1) is 71.2. The molecule has 30 heteroatoms. The van der Waals surface area contributed by atoms with Crippen LogP contribution in [0.5, 0.6) is 0 Å². The molecule has 0 spiro atoms. The van der Waals surface area contributed by atoms with Gasteiger partial charge in [0, 0.05) is 20.0 Å². The van der Waals surface area contributed by atoms with E-state index < -0.39 is 144 Å². The highest BCUT2D eigenvalue weighted by molar-refractivity contribution is 5.99. The maximum absolute atomic E-state index is 14.0. The number of nitrogens with one attached hydrogen (secondary N) is 11. The molecule has 0 aliphatic carbocycles. The fourth-order valence-electron chi connectivity index (χ4n) is 7.48. The first-order chi connectivity index (χ1) is 36.6. The second kappa shape index (κ2) is 35.6. The van der Waals surface area contributed by atoms with Crippen LogP contribution in [0, 0.1) is 17.8 Å². The van der Waals surface area contributed by atoms with Crippen LogP contribution in [-0.4, -0.2) is 162 Å². The van der Waals surface area contributed by atoms with Crippen LogP contribution < -0.4 is 81.4 Å². The lowest BCUT2D eigenvalue weighted by molar-refractivity contribution is -0.141. The molecule has 0 heterocycles. The third-order valence-corrected chi connectivity index (χ3v) is 11.5. The van der Waals surface area contributed by atoms with Crippen molar-refractivity contribution in [1.29, 1.82) is 0 Å². The minimum Gasteiger partial charge on any atom is -0.481 e. The first-order valence-electron chi connectivity index (χ1n) is 26.2. The summed E-state index contributed by atoms with van der Waals surface area (Å²) in [6.07, 6.45) is -0.301. The predicted molar refractivity (Wildman–Crippen MR) is 289 cm³/mol. The van der Waals surface area contributed by atoms with Gasteiger partial charge in [0.05, 0.1) is 13.0 Å². The number of aliphatic imine (C=N–C) groups is 1. The van der Waals surface area contributed by atoms with Crippen molar-refractivity contribution >= 4 is 82.9 Å². The monoisotopic (exact) mass is 1120 g/mol. The van der Waals surface area contributed by atoms with Crippen LogP contribution in [0.15, 0.2) is 4.99 Å². The SMILES string of the molecule is CC[C@H](NC(=O)[C@H](C)NC(=O)[C@H](CC(C)C)NC(=O)[C@H](CC(=O)O)NC(=O)CNC(=O)[C@H](CCCN=C(N)N)NC(C)=O)C(=O)N[C@@H](CC(C)C)C(=O)N[C@@H](CCCNC(N)=O)C(=O)NC(C)(C)C(=O)N[C@@H](CC(C)C)C(N)=O. The minimum absolute atomic E-state index is 0.0116. The summed E-state index contributed by atoms with van der Waals surface area (Å²) in [5, 5.41) is 36.8. The molecule has 0 fully saturated rings. The molecule has 20 N–H and O–H groups in total. The minimum atomic E-state index is -1.75. The van der Waals surface area contributed by atoms with E-state index in [1.54, 1.807) is 34.6 Å². The molecule has 0 aliphatic heterocycles. The molecule has 0 saturated carbocycles. The number of carbonyl (C=O) groups is 13. The fraction of sp³-hybridized carbons (Fsp3) is 0.714. The number of carboxylic acid groups (broad SMARTS) is 1. The molecule has 0 unspecified atom stereocenters. The molecule has 8 atom stereocenters. The number of rotatable bonds is 37. The predicted octanol–water partition coefficient (Wildman–Crippen LogP) is -4.07. The topological polar surface area (TPSA) is 491 Å². The van der Waals surface area contributed by atoms with Gasteiger partial charge >= 0.3 is 12.0 Å². The van der Waals surface area contributed by atoms with Gasteiger partial charge in [0.15, 0.2) is 5.96 Å². The summed E-state index contributed by atoms with van der Waals surface area (Å²) in [5.41, 5.74) is 19.7. The van der Waals surface area contributed by atoms with E-state index in [1.807, 2.05) is 13.8 Å². The molecule has 79 heavy (non-hydrogen) atoms. The van der Waals surface area contributed by atoms with Crippen LogP contribution in [0.3, 0.4) is 0 Å². The van der Waals surface area contributed by atoms with E-state index in [9.17, 15) is 67.4 Å². The second-order valence-electron chi connectivity index (χ2n) is 20.9. The van der Waals surface area contributed by atoms with E-state index in [1.165, 1.54) is 27.7 Å². The Labute approximate surface area is 460 Å². The van der Waals surface area contributed by atoms with Gasteiger partial charge in [-0.2, -0.15) is 0 Å². The highest BCUT2D eigenvalue weighted by Gasteiger charge is 2.37. The Hall–Kier alpha value is -7.82. The fourth-order valence-corrected chi connectivity index (χ4v) is 7.48. The molecule has 0 bridgehead atoms. The van der Waals surface area contributed by atoms with Crippen LogP contribution in [0.2, 0.25) is 0 Å². The lowest BCUT2D eigenvalue weighted by atomic mass is 9.98. The number of nitrogens with zero attached hydrogens (tertiary/aromatic N) is 1. The van der Waals surface area contributed by atoms with E-state index in [4.69, 9.17) is 22.9 Å². The van der Waals surface area contributed by atoms with Gasteiger partial charge in [0.25, 0.3) is 0 Å². The summed E-state index contributed by atoms with van der Waals surface area (Å²) in [4.78, 5) is 172. The van der Waals surface area contributed by atoms with E-state index in [2.05, 4.69) is 63.5 Å². The molecular formula is C49H88N16O14. The standard InChI is InChI=1S/C49H88N16O14/c1-12-29(41(73)62-34(21-26(6)7)43(75)61-31(16-14-18-55-48(53)79)45(77)65-49(10,11)46(78)64-32(38(50)70)19-24(2)3)60-39(71)27(8)57-42(74)33(20-25(4)5)63-44(76)35(22-37(68)69)59-36(67)23-56-40(72)30(58-28(9)66)15-13-17-54-47(51)52/h24-27,29-35H,12-23H2,1-11H3,(H2,50,70)(H,56,72)(H,57,74)(H,58,66)(H,59,67)(H,60,71)(H,61,75)(H,62,73)(H,63,76)(H,64,78)(H,65,77)(H,68,69)(H4,51,52,54)(H3,53,55,79)/t27-,29-,30-,31-,32-,33-,34-,35-/m0/s1. The lowest BCUT2D eigenvalue weighted by Crippen LogP contribution is -2.62. The van der Waals surface area contributed by atoms with Gasteiger partial charge in [-0.1, -0.05) is 48.5 Å². The van der Waals surface area contributed by atoms with Gasteiger partial charge in [0.2, 0.25) is 65.0 Å². The molecule has 0 aromatic rings. The Bertz CT molecular complexity index is 2170. The van der Waals surface area contributed by atoms with Crippen LogP contribution in [0.25, 0.3) is 0 Å². The van der Waals surface area contributed by atoms with Crippen LogP contribution in [-0.2, 0) is 57.5 Å². The Morgan fingerprint density at radius 1 is 0.519 bits per heavy atom. The Morgan fingerprint density at radius 3 is 1.47 bits per heavy atom. The van der Waals surface area contributed by atoms with Crippen molar-refractivity contribution in [3.8, 4) is 0 Å². The lowest BCUT2D eigenvalue weighted by Gasteiger charge is -2.31. The zero-order valence-electron chi connectivity index (χ0n) is 47.3. The van der Waals surface area contributed by atoms with Crippen molar-refractivity contribution in [1.82, 2.24) is 58.5 Å². The highest BCUT2D eigenvalue weighted by Crippen LogP contribution is 2.13. The Morgan fingerprint density at radius 2 is 0.987 bits per heavy atom. The van der Waals surface area contributed by atoms with Crippen molar-refractivity contribution < 1.29 is 67.4 Å². The van der Waals surface area contributed by atoms with Crippen LogP contribution >= 0.6 is 0 Å². The quantitative estimate of drug-likeness (QED) is 0.0160. The zero-order chi connectivity index (χ0) is 60.9. The Kier molecular flexibility index (Phi) is 32.0. The summed E-state index contributed by atoms with van der Waals surface area (Å²) in [5.74, 6) is -11.3. The zero-order valence-corrected chi connectivity index (χ0v) is 47.3. The van der Waals surface area contributed by atoms with E-state index in [0.29, 0.717) is 0 Å². The molecular weight excluding hydrogens is 1040 g/mol. The number of hydrogen-bond acceptors (Lipinski definition) is 14. The largest absolute Gasteiger partial charge is 0.481 e. The Balaban J connectivity index is 6.20. The summed E-state index contributed by atoms with van der Waals surface area (Å²) >= 11 is 0. The van der Waals surface area contributed by atoms with Gasteiger partial charge in [0.1, 0.15) is 53.9 Å². The molecule has 13 amide bonds. The van der Waals surface area contributed by atoms with Crippen LogP contribution in [0.4, 0.5) is 4.79 Å². The van der Waals surface area contributed by atoms with E-state index in [0.717, 1.165) is 0 Å². The van der Waals surface area contributed by atoms with E-state index >= 15 is 0 Å². The van der Waals surface area contributed by atoms with Crippen LogP contribution in [0.1, 0.15) is 134 Å². The smallest absolute Gasteiger partial charge is 0.312 e. The normalized spacial score (nSPS) is 14.2. The maximum Gasteiger partial charge on any atom is 0.312 e. The second-order valence-corrected chi connectivity index (χ2v) is 20.9.